The number of anilines is 1. The lowest BCUT2D eigenvalue weighted by Gasteiger charge is -2.10. The van der Waals surface area contributed by atoms with Crippen molar-refractivity contribution in [1.82, 2.24) is 0 Å². The van der Waals surface area contributed by atoms with Crippen LogP contribution in [0.5, 0.6) is 0 Å². The van der Waals surface area contributed by atoms with Gasteiger partial charge in [0.25, 0.3) is 5.91 Å². The molecule has 0 saturated carbocycles. The Labute approximate surface area is 173 Å². The first-order valence-corrected chi connectivity index (χ1v) is 8.91. The van der Waals surface area contributed by atoms with Crippen LogP contribution in [0, 0.1) is 11.6 Å². The van der Waals surface area contributed by atoms with E-state index in [2.05, 4.69) is 15.8 Å². The van der Waals surface area contributed by atoms with E-state index in [9.17, 15) is 31.5 Å². The molecule has 0 heterocycles. The Balaban J connectivity index is 0.000000303. The van der Waals surface area contributed by atoms with E-state index in [1.54, 1.807) is 0 Å². The molecule has 0 bridgehead atoms. The summed E-state index contributed by atoms with van der Waals surface area (Å²) in [5.41, 5.74) is 6.50. The Morgan fingerprint density at radius 1 is 1.07 bits per heavy atom. The van der Waals surface area contributed by atoms with Crippen molar-refractivity contribution in [1.29, 1.82) is 0 Å². The maximum Gasteiger partial charge on any atom is 0.422 e. The zero-order valence-corrected chi connectivity index (χ0v) is 16.0. The van der Waals surface area contributed by atoms with Gasteiger partial charge in [0.1, 0.15) is 11.6 Å². The van der Waals surface area contributed by atoms with Gasteiger partial charge >= 0.3 is 12.3 Å². The second-order valence-electron chi connectivity index (χ2n) is 6.21. The number of amides is 2. The lowest BCUT2D eigenvalue weighted by molar-refractivity contribution is -0.159. The number of carbonyl (C=O) groups is 2. The van der Waals surface area contributed by atoms with Crippen LogP contribution >= 0.6 is 11.6 Å². The number of rotatable bonds is 3. The minimum Gasteiger partial charge on any atom is -0.440 e. The van der Waals surface area contributed by atoms with Crippen molar-refractivity contribution in [3.05, 3.63) is 63.7 Å². The summed E-state index contributed by atoms with van der Waals surface area (Å²) in [6.45, 7) is -1.62. The molecule has 0 unspecified atom stereocenters. The summed E-state index contributed by atoms with van der Waals surface area (Å²) in [4.78, 5) is 21.9. The molecule has 1 aliphatic rings. The molecule has 30 heavy (non-hydrogen) atoms. The normalized spacial score (nSPS) is 12.5. The Morgan fingerprint density at radius 2 is 1.70 bits per heavy atom. The number of alkyl halides is 3. The van der Waals surface area contributed by atoms with Gasteiger partial charge in [-0.15, -0.1) is 0 Å². The topological polar surface area (TPSA) is 81.4 Å². The average Bonchev–Trinajstić information content (AvgIpc) is 3.14. The van der Waals surface area contributed by atoms with Gasteiger partial charge in [0.05, 0.1) is 5.02 Å². The van der Waals surface area contributed by atoms with Crippen molar-refractivity contribution >= 4 is 29.3 Å². The molecular weight excluding hydrogens is 435 g/mol. The van der Waals surface area contributed by atoms with Crippen molar-refractivity contribution in [2.45, 2.75) is 25.4 Å². The van der Waals surface area contributed by atoms with Gasteiger partial charge in [0, 0.05) is 11.3 Å². The Bertz CT molecular complexity index is 950. The highest BCUT2D eigenvalue weighted by molar-refractivity contribution is 6.31. The Hall–Kier alpha value is -2.88. The maximum atomic E-state index is 13.7. The van der Waals surface area contributed by atoms with E-state index in [4.69, 9.17) is 11.6 Å². The molecule has 0 atom stereocenters. The highest BCUT2D eigenvalue weighted by Gasteiger charge is 2.29. The summed E-state index contributed by atoms with van der Waals surface area (Å²) in [6.07, 6.45) is -3.72. The van der Waals surface area contributed by atoms with Gasteiger partial charge in [-0.25, -0.2) is 13.6 Å². The standard InChI is InChI=1S/C16H12ClF2NO.C3H4F3NO2/c17-13-8-9(4-6-15(13)19)20-16(21)12-5-7-14(18)11-3-1-2-10(11)12;4-3(5,6)1-9-2(7)8/h4-8H,1-3H2,(H,20,21);1H2,(H2,7,8). The largest absolute Gasteiger partial charge is 0.440 e. The zero-order valence-electron chi connectivity index (χ0n) is 15.3. The third kappa shape index (κ3) is 6.58. The lowest BCUT2D eigenvalue weighted by atomic mass is 10.0. The number of benzene rings is 2. The SMILES string of the molecule is NC(=O)OCC(F)(F)F.O=C(Nc1ccc(F)c(Cl)c1)c1ccc(F)c2c1CCC2. The first-order chi connectivity index (χ1) is 14.0. The van der Waals surface area contributed by atoms with Crippen LogP contribution in [0.2, 0.25) is 5.02 Å². The van der Waals surface area contributed by atoms with Gasteiger partial charge in [-0.2, -0.15) is 13.2 Å². The van der Waals surface area contributed by atoms with Crippen molar-refractivity contribution < 1.29 is 36.3 Å². The summed E-state index contributed by atoms with van der Waals surface area (Å²) in [7, 11) is 0. The van der Waals surface area contributed by atoms with Gasteiger partial charge in [0.2, 0.25) is 0 Å². The number of primary amides is 1. The molecule has 5 nitrogen and oxygen atoms in total. The quantitative estimate of drug-likeness (QED) is 0.645. The van der Waals surface area contributed by atoms with Crippen LogP contribution < -0.4 is 11.1 Å². The number of carbonyl (C=O) groups excluding carboxylic acids is 2. The zero-order chi connectivity index (χ0) is 22.5. The third-order valence-electron chi connectivity index (χ3n) is 4.03. The Kier molecular flexibility index (Phi) is 7.60. The minimum absolute atomic E-state index is 0.0582. The average molecular weight is 451 g/mol. The van der Waals surface area contributed by atoms with Gasteiger partial charge < -0.3 is 15.8 Å². The number of hydrogen-bond donors (Lipinski definition) is 2. The summed E-state index contributed by atoms with van der Waals surface area (Å²) >= 11 is 5.68. The molecule has 162 valence electrons. The summed E-state index contributed by atoms with van der Waals surface area (Å²) in [6, 6.07) is 6.77. The number of nitrogens with two attached hydrogens (primary N) is 1. The van der Waals surface area contributed by atoms with Crippen LogP contribution in [0.25, 0.3) is 0 Å². The minimum atomic E-state index is -4.49. The highest BCUT2D eigenvalue weighted by atomic mass is 35.5. The van der Waals surface area contributed by atoms with E-state index >= 15 is 0 Å². The van der Waals surface area contributed by atoms with E-state index in [-0.39, 0.29) is 16.7 Å². The fraction of sp³-hybridized carbons (Fsp3) is 0.263. The van der Waals surface area contributed by atoms with Crippen LogP contribution in [-0.4, -0.2) is 24.8 Å². The number of hydrogen-bond acceptors (Lipinski definition) is 3. The molecule has 1 aliphatic carbocycles. The molecule has 0 fully saturated rings. The second-order valence-corrected chi connectivity index (χ2v) is 6.62. The van der Waals surface area contributed by atoms with Crippen molar-refractivity contribution in [3.63, 3.8) is 0 Å². The van der Waals surface area contributed by atoms with E-state index < -0.39 is 24.7 Å². The molecule has 3 rings (SSSR count). The first kappa shape index (κ1) is 23.4. The van der Waals surface area contributed by atoms with E-state index in [1.165, 1.54) is 30.3 Å². The van der Waals surface area contributed by atoms with Crippen LogP contribution in [-0.2, 0) is 17.6 Å². The number of ether oxygens (including phenoxy) is 1. The molecule has 0 saturated heterocycles. The number of halogens is 6. The highest BCUT2D eigenvalue weighted by Crippen LogP contribution is 2.28. The number of fused-ring (bicyclic) bond motifs is 1. The predicted molar refractivity (Wildman–Crippen MR) is 99.4 cm³/mol. The summed E-state index contributed by atoms with van der Waals surface area (Å²) in [5, 5.41) is 2.60. The molecule has 0 spiro atoms. The van der Waals surface area contributed by atoms with E-state index in [0.29, 0.717) is 29.7 Å². The molecule has 3 N–H and O–H groups in total. The van der Waals surface area contributed by atoms with Gasteiger partial charge in [-0.05, 0) is 60.7 Å². The Morgan fingerprint density at radius 3 is 2.27 bits per heavy atom. The molecule has 2 aromatic carbocycles. The fourth-order valence-electron chi connectivity index (χ4n) is 2.80. The van der Waals surface area contributed by atoms with Crippen molar-refractivity contribution in [2.75, 3.05) is 11.9 Å². The summed E-state index contributed by atoms with van der Waals surface area (Å²) < 4.78 is 63.4. The monoisotopic (exact) mass is 450 g/mol. The fourth-order valence-corrected chi connectivity index (χ4v) is 2.98. The molecule has 0 aromatic heterocycles. The van der Waals surface area contributed by atoms with Crippen LogP contribution in [0.4, 0.5) is 32.4 Å². The third-order valence-corrected chi connectivity index (χ3v) is 4.32. The lowest BCUT2D eigenvalue weighted by Crippen LogP contribution is -2.23. The predicted octanol–water partition coefficient (Wildman–Crippen LogP) is 5.00. The first-order valence-electron chi connectivity index (χ1n) is 8.53. The molecule has 2 aromatic rings. The van der Waals surface area contributed by atoms with Gasteiger partial charge in [-0.1, -0.05) is 11.6 Å². The van der Waals surface area contributed by atoms with Crippen molar-refractivity contribution in [2.24, 2.45) is 5.73 Å². The molecular formula is C19H16ClF5N2O3. The molecule has 0 radical (unpaired) electrons. The van der Waals surface area contributed by atoms with Crippen molar-refractivity contribution in [3.8, 4) is 0 Å². The maximum absolute atomic E-state index is 13.7. The smallest absolute Gasteiger partial charge is 0.422 e. The molecule has 11 heteroatoms. The van der Waals surface area contributed by atoms with E-state index in [0.717, 1.165) is 12.0 Å². The van der Waals surface area contributed by atoms with Crippen LogP contribution in [0.1, 0.15) is 27.9 Å². The summed E-state index contributed by atoms with van der Waals surface area (Å²) in [5.74, 6) is -1.14. The van der Waals surface area contributed by atoms with Gasteiger partial charge in [0.15, 0.2) is 6.61 Å². The van der Waals surface area contributed by atoms with Gasteiger partial charge in [-0.3, -0.25) is 4.79 Å². The molecule has 0 aliphatic heterocycles. The molecule has 2 amide bonds. The number of nitrogens with one attached hydrogen (secondary N) is 1. The van der Waals surface area contributed by atoms with Crippen LogP contribution in [0.15, 0.2) is 30.3 Å². The van der Waals surface area contributed by atoms with E-state index in [1.807, 2.05) is 0 Å². The van der Waals surface area contributed by atoms with Crippen LogP contribution in [0.3, 0.4) is 0 Å². The second kappa shape index (κ2) is 9.75.